The summed E-state index contributed by atoms with van der Waals surface area (Å²) in [6, 6.07) is 1.96. The van der Waals surface area contributed by atoms with E-state index in [4.69, 9.17) is 15.7 Å². The molecule has 0 saturated carbocycles. The summed E-state index contributed by atoms with van der Waals surface area (Å²) in [6.45, 7) is 4.55. The molecule has 0 aliphatic heterocycles. The Morgan fingerprint density at radius 3 is 2.81 bits per heavy atom. The molecule has 0 bridgehead atoms. The van der Waals surface area contributed by atoms with E-state index in [0.717, 1.165) is 0 Å². The average molecular weight is 239 g/mol. The highest BCUT2D eigenvalue weighted by Gasteiger charge is 2.22. The third-order valence-corrected chi connectivity index (χ3v) is 2.93. The number of hydrogen-bond acceptors (Lipinski definition) is 6. The first kappa shape index (κ1) is 12.3. The van der Waals surface area contributed by atoms with Crippen LogP contribution in [0.1, 0.15) is 29.1 Å². The smallest absolute Gasteiger partial charge is 0.343 e. The average Bonchev–Trinajstić information content (AvgIpc) is 2.56. The van der Waals surface area contributed by atoms with Crippen molar-refractivity contribution in [2.24, 2.45) is 0 Å². The van der Waals surface area contributed by atoms with Gasteiger partial charge in [-0.1, -0.05) is 0 Å². The zero-order valence-electron chi connectivity index (χ0n) is 9.16. The fourth-order valence-electron chi connectivity index (χ4n) is 1.22. The number of carbonyl (C=O) groups is 1. The maximum Gasteiger partial charge on any atom is 0.343 e. The number of thiophene rings is 1. The standard InChI is InChI=1S/C10H13N3O2S/c1-3-13-9-7(10(14)15-4-2)8(12)6(5-11)16-9/h13H,3-4,12H2,1-2H3. The third kappa shape index (κ3) is 2.25. The van der Waals surface area contributed by atoms with Gasteiger partial charge in [-0.3, -0.25) is 0 Å². The van der Waals surface area contributed by atoms with Crippen molar-refractivity contribution < 1.29 is 9.53 Å². The number of anilines is 2. The fraction of sp³-hybridized carbons (Fsp3) is 0.400. The highest BCUT2D eigenvalue weighted by Crippen LogP contribution is 2.35. The summed E-state index contributed by atoms with van der Waals surface area (Å²) in [5.41, 5.74) is 6.19. The molecule has 0 unspecified atom stereocenters. The van der Waals surface area contributed by atoms with Gasteiger partial charge < -0.3 is 15.8 Å². The lowest BCUT2D eigenvalue weighted by Gasteiger charge is -2.05. The van der Waals surface area contributed by atoms with E-state index in [1.807, 2.05) is 13.0 Å². The summed E-state index contributed by atoms with van der Waals surface area (Å²) in [4.78, 5) is 12.0. The van der Waals surface area contributed by atoms with E-state index in [2.05, 4.69) is 5.32 Å². The second kappa shape index (κ2) is 5.37. The number of nitrogen functional groups attached to an aromatic ring is 1. The zero-order chi connectivity index (χ0) is 12.1. The quantitative estimate of drug-likeness (QED) is 0.782. The highest BCUT2D eigenvalue weighted by atomic mass is 32.1. The van der Waals surface area contributed by atoms with Gasteiger partial charge in [-0.2, -0.15) is 5.26 Å². The van der Waals surface area contributed by atoms with Crippen LogP contribution in [-0.2, 0) is 4.74 Å². The van der Waals surface area contributed by atoms with Crippen LogP contribution in [-0.4, -0.2) is 19.1 Å². The fourth-order valence-corrected chi connectivity index (χ4v) is 2.19. The minimum Gasteiger partial charge on any atom is -0.462 e. The topological polar surface area (TPSA) is 88.1 Å². The Morgan fingerprint density at radius 2 is 2.31 bits per heavy atom. The van der Waals surface area contributed by atoms with Crippen LogP contribution in [0, 0.1) is 11.3 Å². The number of rotatable bonds is 4. The normalized spacial score (nSPS) is 9.56. The number of carbonyl (C=O) groups excluding carboxylic acids is 1. The molecule has 0 saturated heterocycles. The Balaban J connectivity index is 3.18. The predicted molar refractivity (Wildman–Crippen MR) is 63.6 cm³/mol. The van der Waals surface area contributed by atoms with Crippen molar-refractivity contribution >= 4 is 28.0 Å². The number of nitrogens with one attached hydrogen (secondary N) is 1. The molecule has 1 rings (SSSR count). The van der Waals surface area contributed by atoms with Crippen molar-refractivity contribution in [1.29, 1.82) is 5.26 Å². The molecule has 1 heterocycles. The van der Waals surface area contributed by atoms with E-state index in [-0.39, 0.29) is 17.9 Å². The minimum atomic E-state index is -0.492. The van der Waals surface area contributed by atoms with E-state index in [0.29, 0.717) is 16.4 Å². The van der Waals surface area contributed by atoms with Crippen molar-refractivity contribution in [2.75, 3.05) is 24.2 Å². The van der Waals surface area contributed by atoms with Crippen LogP contribution in [0.15, 0.2) is 0 Å². The molecule has 5 nitrogen and oxygen atoms in total. The lowest BCUT2D eigenvalue weighted by molar-refractivity contribution is 0.0529. The summed E-state index contributed by atoms with van der Waals surface area (Å²) >= 11 is 1.17. The number of esters is 1. The monoisotopic (exact) mass is 239 g/mol. The van der Waals surface area contributed by atoms with Crippen molar-refractivity contribution in [3.05, 3.63) is 10.4 Å². The van der Waals surface area contributed by atoms with E-state index < -0.39 is 5.97 Å². The Bertz CT molecular complexity index is 434. The van der Waals surface area contributed by atoms with E-state index >= 15 is 0 Å². The van der Waals surface area contributed by atoms with Crippen LogP contribution >= 0.6 is 11.3 Å². The number of nitriles is 1. The Hall–Kier alpha value is -1.74. The first-order chi connectivity index (χ1) is 7.65. The molecule has 16 heavy (non-hydrogen) atoms. The molecule has 0 aliphatic rings. The molecule has 0 spiro atoms. The van der Waals surface area contributed by atoms with Gasteiger partial charge in [0, 0.05) is 6.54 Å². The van der Waals surface area contributed by atoms with Crippen LogP contribution in [0.5, 0.6) is 0 Å². The zero-order valence-corrected chi connectivity index (χ0v) is 9.98. The number of hydrogen-bond donors (Lipinski definition) is 2. The van der Waals surface area contributed by atoms with Crippen LogP contribution < -0.4 is 11.1 Å². The van der Waals surface area contributed by atoms with Gasteiger partial charge in [-0.25, -0.2) is 4.79 Å². The number of nitrogens with two attached hydrogens (primary N) is 1. The largest absolute Gasteiger partial charge is 0.462 e. The Kier molecular flexibility index (Phi) is 4.14. The SMILES string of the molecule is CCNc1sc(C#N)c(N)c1C(=O)OCC. The van der Waals surface area contributed by atoms with Gasteiger partial charge in [0.25, 0.3) is 0 Å². The first-order valence-corrected chi connectivity index (χ1v) is 5.70. The molecule has 6 heteroatoms. The van der Waals surface area contributed by atoms with Crippen molar-refractivity contribution in [3.63, 3.8) is 0 Å². The molecule has 0 amide bonds. The molecule has 1 aromatic rings. The number of ether oxygens (including phenoxy) is 1. The summed E-state index contributed by atoms with van der Waals surface area (Å²) < 4.78 is 4.89. The number of nitrogens with zero attached hydrogens (tertiary/aromatic N) is 1. The second-order valence-corrected chi connectivity index (χ2v) is 3.93. The van der Waals surface area contributed by atoms with E-state index in [9.17, 15) is 4.79 Å². The lowest BCUT2D eigenvalue weighted by atomic mass is 10.2. The summed E-state index contributed by atoms with van der Waals surface area (Å²) in [5.74, 6) is -0.492. The predicted octanol–water partition coefficient (Wildman–Crippen LogP) is 1.81. The molecule has 0 fully saturated rings. The van der Waals surface area contributed by atoms with Gasteiger partial charge in [-0.15, -0.1) is 11.3 Å². The van der Waals surface area contributed by atoms with Crippen molar-refractivity contribution in [1.82, 2.24) is 0 Å². The molecule has 0 aliphatic carbocycles. The molecule has 0 aromatic carbocycles. The van der Waals surface area contributed by atoms with E-state index in [1.165, 1.54) is 11.3 Å². The van der Waals surface area contributed by atoms with E-state index in [1.54, 1.807) is 6.92 Å². The van der Waals surface area contributed by atoms with Crippen molar-refractivity contribution in [3.8, 4) is 6.07 Å². The molecule has 0 atom stereocenters. The molecule has 1 aromatic heterocycles. The van der Waals surface area contributed by atoms with Gasteiger partial charge in [0.2, 0.25) is 0 Å². The van der Waals surface area contributed by atoms with Gasteiger partial charge >= 0.3 is 5.97 Å². The third-order valence-electron chi connectivity index (χ3n) is 1.86. The minimum absolute atomic E-state index is 0.196. The molecule has 0 radical (unpaired) electrons. The van der Waals surface area contributed by atoms with Gasteiger partial charge in [0.15, 0.2) is 0 Å². The maximum atomic E-state index is 11.6. The summed E-state index contributed by atoms with van der Waals surface area (Å²) in [6.07, 6.45) is 0. The van der Waals surface area contributed by atoms with Crippen LogP contribution in [0.2, 0.25) is 0 Å². The first-order valence-electron chi connectivity index (χ1n) is 4.89. The van der Waals surface area contributed by atoms with Gasteiger partial charge in [-0.05, 0) is 13.8 Å². The second-order valence-electron chi connectivity index (χ2n) is 2.91. The Morgan fingerprint density at radius 1 is 1.62 bits per heavy atom. The summed E-state index contributed by atoms with van der Waals surface area (Å²) in [5, 5.41) is 12.4. The molecular formula is C10H13N3O2S. The van der Waals surface area contributed by atoms with Gasteiger partial charge in [0.05, 0.1) is 12.3 Å². The lowest BCUT2D eigenvalue weighted by Crippen LogP contribution is -2.09. The molecule has 86 valence electrons. The highest BCUT2D eigenvalue weighted by molar-refractivity contribution is 7.17. The molecule has 3 N–H and O–H groups in total. The van der Waals surface area contributed by atoms with Crippen LogP contribution in [0.4, 0.5) is 10.7 Å². The maximum absolute atomic E-state index is 11.6. The molecular weight excluding hydrogens is 226 g/mol. The van der Waals surface area contributed by atoms with Crippen LogP contribution in [0.3, 0.4) is 0 Å². The Labute approximate surface area is 97.8 Å². The van der Waals surface area contributed by atoms with Crippen molar-refractivity contribution in [2.45, 2.75) is 13.8 Å². The van der Waals surface area contributed by atoms with Gasteiger partial charge in [0.1, 0.15) is 21.5 Å². The summed E-state index contributed by atoms with van der Waals surface area (Å²) in [7, 11) is 0. The van der Waals surface area contributed by atoms with Crippen LogP contribution in [0.25, 0.3) is 0 Å².